The Bertz CT molecular complexity index is 1460. The Morgan fingerprint density at radius 1 is 1.07 bits per heavy atom. The summed E-state index contributed by atoms with van der Waals surface area (Å²) in [7, 11) is 0. The smallest absolute Gasteiger partial charge is 0.343 e. The molecule has 2 heterocycles. The average molecular weight is 544 g/mol. The van der Waals surface area contributed by atoms with Crippen molar-refractivity contribution in [3.63, 3.8) is 0 Å². The molecular weight excluding hydrogens is 510 g/mol. The molecular formula is C30H33N5O5. The first kappa shape index (κ1) is 27.2. The molecule has 5 rings (SSSR count). The number of urea groups is 1. The second-order valence-corrected chi connectivity index (χ2v) is 11.4. The third kappa shape index (κ3) is 5.66. The van der Waals surface area contributed by atoms with Gasteiger partial charge in [0, 0.05) is 28.9 Å². The van der Waals surface area contributed by atoms with Gasteiger partial charge < -0.3 is 14.8 Å². The van der Waals surface area contributed by atoms with Crippen molar-refractivity contribution in [1.29, 1.82) is 0 Å². The van der Waals surface area contributed by atoms with E-state index in [0.717, 1.165) is 37.0 Å². The van der Waals surface area contributed by atoms with Gasteiger partial charge in [0.05, 0.1) is 17.0 Å². The minimum Gasteiger partial charge on any atom is -0.478 e. The monoisotopic (exact) mass is 543 g/mol. The number of anilines is 1. The Morgan fingerprint density at radius 3 is 2.55 bits per heavy atom. The van der Waals surface area contributed by atoms with Crippen molar-refractivity contribution in [2.45, 2.75) is 65.3 Å². The van der Waals surface area contributed by atoms with Crippen LogP contribution in [-0.2, 0) is 4.79 Å². The first-order chi connectivity index (χ1) is 19.1. The summed E-state index contributed by atoms with van der Waals surface area (Å²) >= 11 is 0. The highest BCUT2D eigenvalue weighted by atomic mass is 16.4. The van der Waals surface area contributed by atoms with Crippen LogP contribution in [0.2, 0.25) is 0 Å². The maximum atomic E-state index is 13.7. The molecule has 1 aliphatic carbocycles. The zero-order valence-corrected chi connectivity index (χ0v) is 22.9. The summed E-state index contributed by atoms with van der Waals surface area (Å²) in [6, 6.07) is 12.3. The fraction of sp³-hybridized carbons (Fsp3) is 0.400. The van der Waals surface area contributed by atoms with Crippen LogP contribution in [0.25, 0.3) is 11.5 Å². The molecule has 2 amide bonds. The number of ketones is 1. The fourth-order valence-electron chi connectivity index (χ4n) is 5.12. The number of rotatable bonds is 7. The normalized spacial score (nSPS) is 16.9. The van der Waals surface area contributed by atoms with E-state index in [1.807, 2.05) is 45.0 Å². The zero-order valence-electron chi connectivity index (χ0n) is 22.9. The quantitative estimate of drug-likeness (QED) is 0.356. The van der Waals surface area contributed by atoms with Gasteiger partial charge in [-0.05, 0) is 37.1 Å². The molecule has 1 aromatic heterocycles. The number of nitrogens with one attached hydrogen (secondary N) is 1. The summed E-state index contributed by atoms with van der Waals surface area (Å²) in [5.74, 6) is -0.890. The average Bonchev–Trinajstić information content (AvgIpc) is 3.38. The van der Waals surface area contributed by atoms with E-state index in [-0.39, 0.29) is 35.5 Å². The van der Waals surface area contributed by atoms with Gasteiger partial charge in [0.2, 0.25) is 11.8 Å². The maximum Gasteiger partial charge on any atom is 0.343 e. The number of hydrogen-bond donors (Lipinski definition) is 2. The van der Waals surface area contributed by atoms with Gasteiger partial charge in [0.15, 0.2) is 0 Å². The molecule has 1 aliphatic heterocycles. The number of amides is 2. The summed E-state index contributed by atoms with van der Waals surface area (Å²) in [6.45, 7) is 5.45. The highest BCUT2D eigenvalue weighted by Gasteiger charge is 2.38. The molecule has 0 saturated heterocycles. The number of hydrogen-bond acceptors (Lipinski definition) is 7. The highest BCUT2D eigenvalue weighted by Crippen LogP contribution is 2.36. The van der Waals surface area contributed by atoms with Crippen molar-refractivity contribution in [2.24, 2.45) is 16.4 Å². The topological polar surface area (TPSA) is 138 Å². The van der Waals surface area contributed by atoms with Crippen molar-refractivity contribution >= 4 is 29.2 Å². The largest absolute Gasteiger partial charge is 0.478 e. The zero-order chi connectivity index (χ0) is 28.4. The third-order valence-corrected chi connectivity index (χ3v) is 7.45. The second kappa shape index (κ2) is 11.0. The van der Waals surface area contributed by atoms with Crippen LogP contribution in [0, 0.1) is 11.3 Å². The highest BCUT2D eigenvalue weighted by molar-refractivity contribution is 6.11. The van der Waals surface area contributed by atoms with Crippen molar-refractivity contribution in [2.75, 3.05) is 5.32 Å². The molecule has 10 heteroatoms. The van der Waals surface area contributed by atoms with Crippen molar-refractivity contribution < 1.29 is 23.9 Å². The number of aromatic nitrogens is 2. The maximum absolute atomic E-state index is 13.7. The Balaban J connectivity index is 1.59. The summed E-state index contributed by atoms with van der Waals surface area (Å²) in [6.07, 6.45) is 5.17. The molecule has 0 bridgehead atoms. The van der Waals surface area contributed by atoms with Crippen molar-refractivity contribution in [3.8, 4) is 11.5 Å². The number of fused-ring (bicyclic) bond motifs is 1. The van der Waals surface area contributed by atoms with Crippen LogP contribution in [0.4, 0.5) is 10.5 Å². The summed E-state index contributed by atoms with van der Waals surface area (Å²) in [4.78, 5) is 38.5. The molecule has 1 unspecified atom stereocenters. The van der Waals surface area contributed by atoms with E-state index in [1.165, 1.54) is 23.6 Å². The number of para-hydroxylation sites is 1. The van der Waals surface area contributed by atoms with E-state index in [9.17, 15) is 19.5 Å². The Morgan fingerprint density at radius 2 is 1.82 bits per heavy atom. The number of Topliss-reactive ketones (excluding diaryl/α,β-unsaturated/α-hetero) is 1. The third-order valence-electron chi connectivity index (χ3n) is 7.45. The van der Waals surface area contributed by atoms with E-state index in [1.54, 1.807) is 12.1 Å². The number of aromatic carboxylic acids is 1. The first-order valence-electron chi connectivity index (χ1n) is 13.6. The van der Waals surface area contributed by atoms with Crippen molar-refractivity contribution in [1.82, 2.24) is 15.2 Å². The van der Waals surface area contributed by atoms with Crippen LogP contribution in [0.5, 0.6) is 0 Å². The molecule has 10 nitrogen and oxygen atoms in total. The SMILES string of the molecule is CC(C)(C)C(=O)CC(c1nnc(-c2cccc(C(=O)O)c2)o1)N1N=C(C2CCCCC2)c2ccccc2NC1=O. The fourth-order valence-corrected chi connectivity index (χ4v) is 5.12. The Hall–Kier alpha value is -4.34. The molecule has 0 radical (unpaired) electrons. The lowest BCUT2D eigenvalue weighted by atomic mass is 9.83. The summed E-state index contributed by atoms with van der Waals surface area (Å²) in [5.41, 5.74) is 2.13. The van der Waals surface area contributed by atoms with Gasteiger partial charge in [-0.3, -0.25) is 4.79 Å². The van der Waals surface area contributed by atoms with Crippen LogP contribution < -0.4 is 5.32 Å². The Labute approximate surface area is 232 Å². The molecule has 1 fully saturated rings. The Kier molecular flexibility index (Phi) is 7.51. The molecule has 2 aliphatic rings. The van der Waals surface area contributed by atoms with E-state index >= 15 is 0 Å². The second-order valence-electron chi connectivity index (χ2n) is 11.4. The number of hydrazone groups is 1. The first-order valence-corrected chi connectivity index (χ1v) is 13.6. The number of nitrogens with zero attached hydrogens (tertiary/aromatic N) is 4. The standard InChI is InChI=1S/C30H33N5O5/c1-30(2,3)24(36)17-23(27-33-32-26(40-27)19-12-9-13-20(16-19)28(37)38)35-29(39)31-22-15-8-7-14-21(22)25(34-35)18-10-5-4-6-11-18/h7-9,12-16,18,23H,4-6,10-11,17H2,1-3H3,(H,31,39)(H,37,38). The molecule has 2 aromatic carbocycles. The molecule has 40 heavy (non-hydrogen) atoms. The van der Waals surface area contributed by atoms with Crippen LogP contribution in [-0.4, -0.2) is 43.8 Å². The lowest BCUT2D eigenvalue weighted by Crippen LogP contribution is -2.37. The number of carbonyl (C=O) groups is 3. The van der Waals surface area contributed by atoms with Crippen LogP contribution in [0.1, 0.15) is 87.2 Å². The van der Waals surface area contributed by atoms with E-state index in [4.69, 9.17) is 9.52 Å². The van der Waals surface area contributed by atoms with E-state index < -0.39 is 23.5 Å². The van der Waals surface area contributed by atoms with E-state index in [0.29, 0.717) is 11.3 Å². The van der Waals surface area contributed by atoms with Gasteiger partial charge in [0.25, 0.3) is 0 Å². The minimum absolute atomic E-state index is 0.0428. The molecule has 1 saturated carbocycles. The minimum atomic E-state index is -1.08. The van der Waals surface area contributed by atoms with E-state index in [2.05, 4.69) is 15.5 Å². The molecule has 3 aromatic rings. The van der Waals surface area contributed by atoms with Gasteiger partial charge in [-0.15, -0.1) is 10.2 Å². The lowest BCUT2D eigenvalue weighted by Gasteiger charge is -2.28. The van der Waals surface area contributed by atoms with Crippen LogP contribution in [0.15, 0.2) is 58.0 Å². The number of carboxylic acids is 1. The van der Waals surface area contributed by atoms with Crippen molar-refractivity contribution in [3.05, 3.63) is 65.5 Å². The van der Waals surface area contributed by atoms with Gasteiger partial charge in [-0.1, -0.05) is 64.3 Å². The van der Waals surface area contributed by atoms with Gasteiger partial charge >= 0.3 is 12.0 Å². The van der Waals surface area contributed by atoms with Crippen LogP contribution >= 0.6 is 0 Å². The molecule has 208 valence electrons. The van der Waals surface area contributed by atoms with Crippen LogP contribution in [0.3, 0.4) is 0 Å². The van der Waals surface area contributed by atoms with Gasteiger partial charge in [0.1, 0.15) is 11.8 Å². The van der Waals surface area contributed by atoms with Gasteiger partial charge in [-0.25, -0.2) is 14.6 Å². The molecule has 0 spiro atoms. The predicted octanol–water partition coefficient (Wildman–Crippen LogP) is 6.31. The summed E-state index contributed by atoms with van der Waals surface area (Å²) in [5, 5.41) is 26.9. The lowest BCUT2D eigenvalue weighted by molar-refractivity contribution is -0.127. The number of carboxylic acid groups (broad SMARTS) is 1. The number of benzene rings is 2. The van der Waals surface area contributed by atoms with Gasteiger partial charge in [-0.2, -0.15) is 5.10 Å². The molecule has 1 atom stereocenters. The predicted molar refractivity (Wildman–Crippen MR) is 149 cm³/mol. The summed E-state index contributed by atoms with van der Waals surface area (Å²) < 4.78 is 6.02. The number of carbonyl (C=O) groups excluding carboxylic acids is 2. The molecule has 2 N–H and O–H groups in total.